The van der Waals surface area contributed by atoms with Crippen molar-refractivity contribution in [2.75, 3.05) is 104 Å². The van der Waals surface area contributed by atoms with Crippen LogP contribution >= 0.6 is 0 Å². The van der Waals surface area contributed by atoms with Crippen LogP contribution in [-0.2, 0) is 44.6 Å². The second kappa shape index (κ2) is 18.7. The van der Waals surface area contributed by atoms with E-state index in [2.05, 4.69) is 20.9 Å². The van der Waals surface area contributed by atoms with Crippen LogP contribution in [0.3, 0.4) is 0 Å². The summed E-state index contributed by atoms with van der Waals surface area (Å²) in [5.41, 5.74) is 1.63. The van der Waals surface area contributed by atoms with Crippen molar-refractivity contribution >= 4 is 29.3 Å². The fourth-order valence-electron chi connectivity index (χ4n) is 5.19. The van der Waals surface area contributed by atoms with Crippen molar-refractivity contribution in [1.82, 2.24) is 20.4 Å². The number of imide groups is 1. The van der Waals surface area contributed by atoms with Crippen molar-refractivity contribution in [2.45, 2.75) is 31.8 Å². The second-order valence-corrected chi connectivity index (χ2v) is 10.7. The van der Waals surface area contributed by atoms with Crippen LogP contribution in [0.1, 0.15) is 35.2 Å². The van der Waals surface area contributed by atoms with Crippen LogP contribution < -0.4 is 16.0 Å². The van der Waals surface area contributed by atoms with Crippen molar-refractivity contribution < 1.29 is 42.9 Å². The first-order chi connectivity index (χ1) is 21.5. The molecule has 14 nitrogen and oxygen atoms in total. The standard InChI is InChI=1S/C30H45N5O9/c36-27-5-4-26(29(38)33-27)35-22-24-23(30(35)39)2-1-3-25(24)32-28(37)6-12-40-14-16-42-18-20-44-21-19-43-17-15-41-13-11-34-9-7-31-8-10-34/h1-3,26,31H,4-22H2,(H,32,37)(H,33,36,38). The summed E-state index contributed by atoms with van der Waals surface area (Å²) in [5.74, 6) is -1.34. The quantitative estimate of drug-likeness (QED) is 0.131. The van der Waals surface area contributed by atoms with Crippen molar-refractivity contribution in [3.63, 3.8) is 0 Å². The van der Waals surface area contributed by atoms with Gasteiger partial charge in [0.15, 0.2) is 0 Å². The van der Waals surface area contributed by atoms with Crippen LogP contribution in [-0.4, -0.2) is 138 Å². The largest absolute Gasteiger partial charge is 0.379 e. The van der Waals surface area contributed by atoms with Crippen LogP contribution in [0.4, 0.5) is 5.69 Å². The summed E-state index contributed by atoms with van der Waals surface area (Å²) >= 11 is 0. The monoisotopic (exact) mass is 619 g/mol. The van der Waals surface area contributed by atoms with Crippen LogP contribution in [0, 0.1) is 0 Å². The first kappa shape index (κ1) is 33.9. The molecule has 0 aromatic heterocycles. The molecule has 3 heterocycles. The third kappa shape index (κ3) is 10.9. The minimum Gasteiger partial charge on any atom is -0.379 e. The molecule has 0 spiro atoms. The van der Waals surface area contributed by atoms with Gasteiger partial charge in [-0.25, -0.2) is 0 Å². The van der Waals surface area contributed by atoms with Crippen molar-refractivity contribution in [2.24, 2.45) is 0 Å². The molecule has 244 valence electrons. The van der Waals surface area contributed by atoms with Gasteiger partial charge in [0.2, 0.25) is 17.7 Å². The van der Waals surface area contributed by atoms with Gasteiger partial charge < -0.3 is 39.2 Å². The van der Waals surface area contributed by atoms with Gasteiger partial charge in [0.25, 0.3) is 5.91 Å². The summed E-state index contributed by atoms with van der Waals surface area (Å²) in [6.07, 6.45) is 0.602. The number of anilines is 1. The third-order valence-electron chi connectivity index (χ3n) is 7.58. The van der Waals surface area contributed by atoms with Gasteiger partial charge in [0, 0.05) is 62.5 Å². The Hall–Kier alpha value is -2.98. The number of piperidine rings is 1. The number of ether oxygens (including phenoxy) is 5. The molecule has 2 saturated heterocycles. The average Bonchev–Trinajstić information content (AvgIpc) is 3.36. The molecule has 3 aliphatic rings. The highest BCUT2D eigenvalue weighted by molar-refractivity contribution is 6.06. The molecule has 1 aromatic carbocycles. The number of carbonyl (C=O) groups is 4. The molecule has 4 rings (SSSR count). The molecule has 0 aliphatic carbocycles. The lowest BCUT2D eigenvalue weighted by Crippen LogP contribution is -2.52. The van der Waals surface area contributed by atoms with Crippen LogP contribution in [0.2, 0.25) is 0 Å². The Morgan fingerprint density at radius 3 is 2.09 bits per heavy atom. The molecule has 4 amide bonds. The highest BCUT2D eigenvalue weighted by atomic mass is 16.6. The van der Waals surface area contributed by atoms with Crippen LogP contribution in [0.25, 0.3) is 0 Å². The van der Waals surface area contributed by atoms with E-state index < -0.39 is 11.9 Å². The predicted octanol–water partition coefficient (Wildman–Crippen LogP) is -0.236. The van der Waals surface area contributed by atoms with Crippen molar-refractivity contribution in [1.29, 1.82) is 0 Å². The smallest absolute Gasteiger partial charge is 0.255 e. The molecule has 44 heavy (non-hydrogen) atoms. The van der Waals surface area contributed by atoms with Crippen LogP contribution in [0.5, 0.6) is 0 Å². The number of benzene rings is 1. The highest BCUT2D eigenvalue weighted by Gasteiger charge is 2.39. The number of rotatable bonds is 20. The molecule has 0 saturated carbocycles. The van der Waals surface area contributed by atoms with E-state index in [9.17, 15) is 19.2 Å². The van der Waals surface area contributed by atoms with E-state index in [4.69, 9.17) is 23.7 Å². The van der Waals surface area contributed by atoms with E-state index in [1.165, 1.54) is 4.90 Å². The number of hydrogen-bond acceptors (Lipinski definition) is 11. The third-order valence-corrected chi connectivity index (χ3v) is 7.58. The molecule has 14 heteroatoms. The zero-order valence-corrected chi connectivity index (χ0v) is 25.3. The second-order valence-electron chi connectivity index (χ2n) is 10.7. The van der Waals surface area contributed by atoms with Gasteiger partial charge in [-0.2, -0.15) is 0 Å². The average molecular weight is 620 g/mol. The first-order valence-corrected chi connectivity index (χ1v) is 15.4. The Kier molecular flexibility index (Phi) is 14.4. The highest BCUT2D eigenvalue weighted by Crippen LogP contribution is 2.32. The Labute approximate surface area is 258 Å². The van der Waals surface area contributed by atoms with Crippen molar-refractivity contribution in [3.8, 4) is 0 Å². The van der Waals surface area contributed by atoms with Gasteiger partial charge in [-0.15, -0.1) is 0 Å². The number of hydrogen-bond donors (Lipinski definition) is 3. The summed E-state index contributed by atoms with van der Waals surface area (Å²) < 4.78 is 27.6. The van der Waals surface area contributed by atoms with Crippen LogP contribution in [0.15, 0.2) is 18.2 Å². The van der Waals surface area contributed by atoms with E-state index in [0.29, 0.717) is 69.7 Å². The summed E-state index contributed by atoms with van der Waals surface area (Å²) in [4.78, 5) is 53.1. The fraction of sp³-hybridized carbons (Fsp3) is 0.667. The molecule has 2 fully saturated rings. The lowest BCUT2D eigenvalue weighted by atomic mass is 10.0. The first-order valence-electron chi connectivity index (χ1n) is 15.4. The van der Waals surface area contributed by atoms with E-state index >= 15 is 0 Å². The van der Waals surface area contributed by atoms with Gasteiger partial charge in [0.1, 0.15) is 6.04 Å². The predicted molar refractivity (Wildman–Crippen MR) is 159 cm³/mol. The number of piperazine rings is 1. The maximum absolute atomic E-state index is 12.9. The topological polar surface area (TPSA) is 157 Å². The van der Waals surface area contributed by atoms with Gasteiger partial charge in [-0.3, -0.25) is 29.4 Å². The molecule has 3 aliphatic heterocycles. The Bertz CT molecular complexity index is 1100. The summed E-state index contributed by atoms with van der Waals surface area (Å²) in [6, 6.07) is 4.39. The number of fused-ring (bicyclic) bond motifs is 1. The fourth-order valence-corrected chi connectivity index (χ4v) is 5.19. The maximum Gasteiger partial charge on any atom is 0.255 e. The molecular weight excluding hydrogens is 574 g/mol. The SMILES string of the molecule is O=C1CCC(N2Cc3c(NC(=O)CCOCCOCCOCCOCCOCCN4CCNCC4)cccc3C2=O)C(=O)N1. The van der Waals surface area contributed by atoms with E-state index in [0.717, 1.165) is 39.3 Å². The zero-order valence-electron chi connectivity index (χ0n) is 25.3. The summed E-state index contributed by atoms with van der Waals surface area (Å²) in [7, 11) is 0. The molecular formula is C30H45N5O9. The normalized spacial score (nSPS) is 18.9. The minimum absolute atomic E-state index is 0.138. The minimum atomic E-state index is -0.708. The van der Waals surface area contributed by atoms with E-state index in [1.807, 2.05) is 0 Å². The van der Waals surface area contributed by atoms with Gasteiger partial charge >= 0.3 is 0 Å². The Morgan fingerprint density at radius 1 is 0.841 bits per heavy atom. The number of carbonyl (C=O) groups excluding carboxylic acids is 4. The van der Waals surface area contributed by atoms with E-state index in [1.54, 1.807) is 18.2 Å². The summed E-state index contributed by atoms with van der Waals surface area (Å²) in [5, 5.41) is 8.47. The molecule has 1 atom stereocenters. The van der Waals surface area contributed by atoms with E-state index in [-0.39, 0.29) is 50.1 Å². The maximum atomic E-state index is 12.9. The Morgan fingerprint density at radius 2 is 1.45 bits per heavy atom. The van der Waals surface area contributed by atoms with Gasteiger partial charge in [0.05, 0.1) is 72.5 Å². The van der Waals surface area contributed by atoms with Gasteiger partial charge in [-0.05, 0) is 18.6 Å². The molecule has 1 unspecified atom stereocenters. The van der Waals surface area contributed by atoms with Crippen molar-refractivity contribution in [3.05, 3.63) is 29.3 Å². The lowest BCUT2D eigenvalue weighted by molar-refractivity contribution is -0.137. The lowest BCUT2D eigenvalue weighted by Gasteiger charge is -2.29. The Balaban J connectivity index is 0.964. The molecule has 0 bridgehead atoms. The van der Waals surface area contributed by atoms with Gasteiger partial charge in [-0.1, -0.05) is 6.07 Å². The number of nitrogens with one attached hydrogen (secondary N) is 3. The summed E-state index contributed by atoms with van der Waals surface area (Å²) in [6.45, 7) is 10.1. The number of nitrogens with zero attached hydrogens (tertiary/aromatic N) is 2. The molecule has 1 aromatic rings. The zero-order chi connectivity index (χ0) is 31.0. The molecule has 3 N–H and O–H groups in total. The number of amides is 4. The molecule has 0 radical (unpaired) electrons.